The summed E-state index contributed by atoms with van der Waals surface area (Å²) >= 11 is 0.802. The van der Waals surface area contributed by atoms with E-state index in [1.54, 1.807) is 13.2 Å². The molecule has 0 saturated heterocycles. The van der Waals surface area contributed by atoms with Crippen LogP contribution in [0.25, 0.3) is 16.6 Å². The maximum Gasteiger partial charge on any atom is 0.346 e. The van der Waals surface area contributed by atoms with Crippen molar-refractivity contribution in [3.05, 3.63) is 84.4 Å². The maximum absolute atomic E-state index is 14.6. The van der Waals surface area contributed by atoms with Crippen LogP contribution in [0.3, 0.4) is 0 Å². The van der Waals surface area contributed by atoms with Crippen molar-refractivity contribution >= 4 is 28.2 Å². The Balaban J connectivity index is 1.78. The molecule has 0 amide bonds. The number of aryl methyl sites for hydroxylation is 1. The zero-order valence-corrected chi connectivity index (χ0v) is 17.8. The van der Waals surface area contributed by atoms with Crippen molar-refractivity contribution in [3.8, 4) is 17.2 Å². The van der Waals surface area contributed by atoms with Crippen molar-refractivity contribution in [2.45, 2.75) is 13.5 Å². The van der Waals surface area contributed by atoms with Gasteiger partial charge in [-0.15, -0.1) is 11.3 Å². The van der Waals surface area contributed by atoms with E-state index in [-0.39, 0.29) is 33.8 Å². The third-order valence-electron chi connectivity index (χ3n) is 4.98. The summed E-state index contributed by atoms with van der Waals surface area (Å²) < 4.78 is 26.3. The van der Waals surface area contributed by atoms with Gasteiger partial charge in [-0.3, -0.25) is 4.79 Å². The number of aromatic amines is 1. The van der Waals surface area contributed by atoms with E-state index in [9.17, 15) is 23.9 Å². The number of rotatable bonds is 6. The highest BCUT2D eigenvalue weighted by molar-refractivity contribution is 7.13. The van der Waals surface area contributed by atoms with Gasteiger partial charge in [-0.1, -0.05) is 12.1 Å². The van der Waals surface area contributed by atoms with E-state index in [4.69, 9.17) is 9.47 Å². The Morgan fingerprint density at radius 1 is 1.25 bits per heavy atom. The number of hydrogen-bond acceptors (Lipinski definition) is 6. The van der Waals surface area contributed by atoms with Crippen LogP contribution in [0, 0.1) is 12.7 Å². The van der Waals surface area contributed by atoms with E-state index >= 15 is 0 Å². The highest BCUT2D eigenvalue weighted by Gasteiger charge is 2.20. The van der Waals surface area contributed by atoms with E-state index in [0.717, 1.165) is 28.5 Å². The van der Waals surface area contributed by atoms with Crippen molar-refractivity contribution in [3.63, 3.8) is 0 Å². The fourth-order valence-corrected chi connectivity index (χ4v) is 4.20. The molecule has 0 fully saturated rings. The average molecular weight is 456 g/mol. The number of aromatic nitrogens is 2. The van der Waals surface area contributed by atoms with Crippen molar-refractivity contribution < 1.29 is 23.8 Å². The van der Waals surface area contributed by atoms with Crippen LogP contribution in [0.2, 0.25) is 0 Å². The number of methoxy groups -OCH3 is 1. The van der Waals surface area contributed by atoms with Gasteiger partial charge in [0.2, 0.25) is 0 Å². The summed E-state index contributed by atoms with van der Waals surface area (Å²) in [7, 11) is 1.54. The third kappa shape index (κ3) is 3.65. The van der Waals surface area contributed by atoms with Gasteiger partial charge < -0.3 is 19.6 Å². The second kappa shape index (κ2) is 8.31. The van der Waals surface area contributed by atoms with E-state index in [1.807, 2.05) is 19.1 Å². The van der Waals surface area contributed by atoms with E-state index in [2.05, 4.69) is 4.98 Å². The number of thiophene rings is 1. The van der Waals surface area contributed by atoms with Crippen LogP contribution in [-0.2, 0) is 6.61 Å². The first-order valence-corrected chi connectivity index (χ1v) is 10.2. The number of benzene rings is 2. The Kier molecular flexibility index (Phi) is 5.54. The summed E-state index contributed by atoms with van der Waals surface area (Å²) in [5.74, 6) is -1.32. The molecule has 0 radical (unpaired) electrons. The Hall–Kier alpha value is -3.92. The lowest BCUT2D eigenvalue weighted by Gasteiger charge is -2.14. The molecule has 0 bridgehead atoms. The number of hydrogen-bond donors (Lipinski definition) is 2. The lowest BCUT2D eigenvalue weighted by atomic mass is 10.1. The molecule has 0 unspecified atom stereocenters. The van der Waals surface area contributed by atoms with Crippen LogP contribution in [0.5, 0.6) is 11.5 Å². The lowest BCUT2D eigenvalue weighted by Crippen LogP contribution is -2.34. The van der Waals surface area contributed by atoms with Crippen molar-refractivity contribution in [2.75, 3.05) is 7.11 Å². The number of halogens is 1. The topological polar surface area (TPSA) is 111 Å². The first-order valence-electron chi connectivity index (χ1n) is 9.37. The van der Waals surface area contributed by atoms with Gasteiger partial charge in [0, 0.05) is 17.0 Å². The van der Waals surface area contributed by atoms with Crippen LogP contribution in [-0.4, -0.2) is 27.7 Å². The molecule has 2 aromatic carbocycles. The largest absolute Gasteiger partial charge is 0.496 e. The molecule has 2 heterocycles. The van der Waals surface area contributed by atoms with E-state index in [1.165, 1.54) is 17.5 Å². The van der Waals surface area contributed by atoms with Crippen LogP contribution < -0.4 is 20.7 Å². The summed E-state index contributed by atoms with van der Waals surface area (Å²) in [4.78, 5) is 39.2. The predicted molar refractivity (Wildman–Crippen MR) is 117 cm³/mol. The highest BCUT2D eigenvalue weighted by atomic mass is 32.1. The smallest absolute Gasteiger partial charge is 0.346 e. The van der Waals surface area contributed by atoms with E-state index in [0.29, 0.717) is 10.3 Å². The number of H-pyrrole nitrogens is 1. The number of carboxylic acid groups (broad SMARTS) is 1. The van der Waals surface area contributed by atoms with Gasteiger partial charge in [0.05, 0.1) is 23.7 Å². The highest BCUT2D eigenvalue weighted by Crippen LogP contribution is 2.26. The van der Waals surface area contributed by atoms with Gasteiger partial charge in [-0.05, 0) is 30.7 Å². The molecule has 4 aromatic rings. The molecule has 2 N–H and O–H groups in total. The van der Waals surface area contributed by atoms with Crippen LogP contribution >= 0.6 is 11.3 Å². The standard InChI is InChI=1S/C22H17FN2O6S/c1-11-4-3-5-17(30-2)13(11)9-31-12-6-7-14(23)16(8-12)25-20(26)18-15(24-22(25)29)10-32-19(18)21(27)28/h3-8,10H,9H2,1-2H3,(H,24,29)(H,27,28). The fraction of sp³-hybridized carbons (Fsp3) is 0.136. The minimum Gasteiger partial charge on any atom is -0.496 e. The Labute approximate surface area is 184 Å². The number of nitrogens with one attached hydrogen (secondary N) is 1. The molecule has 2 aromatic heterocycles. The van der Waals surface area contributed by atoms with Crippen molar-refractivity contribution in [1.29, 1.82) is 0 Å². The molecule has 0 aliphatic rings. The summed E-state index contributed by atoms with van der Waals surface area (Å²) in [5.41, 5.74) is -0.369. The lowest BCUT2D eigenvalue weighted by molar-refractivity contribution is 0.0704. The quantitative estimate of drug-likeness (QED) is 0.460. The zero-order chi connectivity index (χ0) is 23.0. The van der Waals surface area contributed by atoms with Crippen LogP contribution in [0.4, 0.5) is 4.39 Å². The van der Waals surface area contributed by atoms with Gasteiger partial charge >= 0.3 is 11.7 Å². The maximum atomic E-state index is 14.6. The molecule has 32 heavy (non-hydrogen) atoms. The number of carboxylic acids is 1. The van der Waals surface area contributed by atoms with Gasteiger partial charge in [-0.2, -0.15) is 0 Å². The zero-order valence-electron chi connectivity index (χ0n) is 17.0. The molecule has 0 spiro atoms. The monoisotopic (exact) mass is 456 g/mol. The third-order valence-corrected chi connectivity index (χ3v) is 5.94. The van der Waals surface area contributed by atoms with Crippen LogP contribution in [0.15, 0.2) is 51.4 Å². The molecule has 10 heteroatoms. The fourth-order valence-electron chi connectivity index (χ4n) is 3.37. The van der Waals surface area contributed by atoms with Gasteiger partial charge in [0.25, 0.3) is 5.56 Å². The first-order chi connectivity index (χ1) is 15.3. The molecule has 0 aliphatic carbocycles. The normalized spacial score (nSPS) is 11.0. The summed E-state index contributed by atoms with van der Waals surface area (Å²) in [6.07, 6.45) is 0. The number of nitrogens with zero attached hydrogens (tertiary/aromatic N) is 1. The molecule has 8 nitrogen and oxygen atoms in total. The summed E-state index contributed by atoms with van der Waals surface area (Å²) in [5, 5.41) is 10.5. The molecule has 0 aliphatic heterocycles. The minimum absolute atomic E-state index is 0.0816. The van der Waals surface area contributed by atoms with E-state index < -0.39 is 23.0 Å². The van der Waals surface area contributed by atoms with Crippen molar-refractivity contribution in [1.82, 2.24) is 9.55 Å². The minimum atomic E-state index is -1.31. The first kappa shape index (κ1) is 21.3. The second-order valence-electron chi connectivity index (χ2n) is 6.89. The van der Waals surface area contributed by atoms with Crippen LogP contribution in [0.1, 0.15) is 20.8 Å². The molecular formula is C22H17FN2O6S. The Morgan fingerprint density at radius 2 is 2.03 bits per heavy atom. The number of carbonyl (C=O) groups is 1. The second-order valence-corrected chi connectivity index (χ2v) is 7.77. The van der Waals surface area contributed by atoms with Gasteiger partial charge in [0.15, 0.2) is 0 Å². The molecule has 164 valence electrons. The number of fused-ring (bicyclic) bond motifs is 1. The molecule has 4 rings (SSSR count). The SMILES string of the molecule is COc1cccc(C)c1COc1ccc(F)c(-n2c(=O)[nH]c3csc(C(=O)O)c3c2=O)c1. The molecular weight excluding hydrogens is 439 g/mol. The summed E-state index contributed by atoms with van der Waals surface area (Å²) in [6.45, 7) is 2.01. The average Bonchev–Trinajstić information content (AvgIpc) is 3.19. The Bertz CT molecular complexity index is 1470. The molecule has 0 saturated carbocycles. The van der Waals surface area contributed by atoms with Gasteiger partial charge in [-0.25, -0.2) is 18.5 Å². The number of aromatic carboxylic acids is 1. The number of ether oxygens (including phenoxy) is 2. The van der Waals surface area contributed by atoms with Gasteiger partial charge in [0.1, 0.15) is 28.8 Å². The summed E-state index contributed by atoms with van der Waals surface area (Å²) in [6, 6.07) is 9.19. The predicted octanol–water partition coefficient (Wildman–Crippen LogP) is 3.47. The van der Waals surface area contributed by atoms with Crippen molar-refractivity contribution in [2.24, 2.45) is 0 Å². The molecule has 0 atom stereocenters. The Morgan fingerprint density at radius 3 is 2.75 bits per heavy atom.